The summed E-state index contributed by atoms with van der Waals surface area (Å²) >= 11 is 0. The van der Waals surface area contributed by atoms with E-state index in [9.17, 15) is 18.5 Å². The summed E-state index contributed by atoms with van der Waals surface area (Å²) in [5.41, 5.74) is 3.96. The second kappa shape index (κ2) is 9.03. The van der Waals surface area contributed by atoms with Crippen molar-refractivity contribution in [1.82, 2.24) is 4.31 Å². The van der Waals surface area contributed by atoms with E-state index in [1.807, 2.05) is 42.5 Å². The van der Waals surface area contributed by atoms with Crippen molar-refractivity contribution < 1.29 is 18.1 Å². The maximum atomic E-state index is 12.8. The Morgan fingerprint density at radius 3 is 2.50 bits per heavy atom. The molecule has 1 saturated heterocycles. The fourth-order valence-electron chi connectivity index (χ4n) is 3.48. The Balaban J connectivity index is 1.61. The van der Waals surface area contributed by atoms with E-state index >= 15 is 0 Å². The average molecular weight is 455 g/mol. The molecule has 3 aromatic carbocycles. The van der Waals surface area contributed by atoms with Crippen molar-refractivity contribution in [2.24, 2.45) is 5.10 Å². The highest BCUT2D eigenvalue weighted by Gasteiger charge is 2.28. The lowest BCUT2D eigenvalue weighted by Gasteiger charge is -2.26. The second-order valence-electron chi connectivity index (χ2n) is 7.32. The molecular weight excluding hydrogens is 432 g/mol. The van der Waals surface area contributed by atoms with Crippen molar-refractivity contribution in [3.05, 3.63) is 76.3 Å². The zero-order chi connectivity index (χ0) is 22.7. The first kappa shape index (κ1) is 21.9. The van der Waals surface area contributed by atoms with Crippen LogP contribution in [0.5, 0.6) is 0 Å². The van der Waals surface area contributed by atoms with E-state index in [1.165, 1.54) is 16.4 Å². The normalized spacial score (nSPS) is 15.6. The molecule has 0 unspecified atom stereocenters. The van der Waals surface area contributed by atoms with Crippen molar-refractivity contribution in [3.8, 4) is 0 Å². The first-order valence-corrected chi connectivity index (χ1v) is 11.5. The third-order valence-electron chi connectivity index (χ3n) is 5.29. The predicted octanol–water partition coefficient (Wildman–Crippen LogP) is 3.61. The molecule has 0 saturated carbocycles. The van der Waals surface area contributed by atoms with Gasteiger partial charge in [-0.2, -0.15) is 9.41 Å². The number of hydrogen-bond acceptors (Lipinski definition) is 7. The minimum absolute atomic E-state index is 0.107. The van der Waals surface area contributed by atoms with Crippen LogP contribution in [0.3, 0.4) is 0 Å². The Kier molecular flexibility index (Phi) is 6.17. The molecule has 32 heavy (non-hydrogen) atoms. The van der Waals surface area contributed by atoms with Gasteiger partial charge < -0.3 is 4.74 Å². The van der Waals surface area contributed by atoms with E-state index in [-0.39, 0.29) is 29.4 Å². The van der Waals surface area contributed by atoms with Gasteiger partial charge in [0, 0.05) is 19.2 Å². The SMILES string of the molecule is C/C(=N/Nc1ccc(S(=O)(=O)N2CCOCC2)cc1[N+](=O)[O-])c1ccc2ccccc2c1. The Morgan fingerprint density at radius 2 is 1.78 bits per heavy atom. The van der Waals surface area contributed by atoms with E-state index in [0.717, 1.165) is 22.4 Å². The number of morpholine rings is 1. The molecule has 1 aliphatic rings. The van der Waals surface area contributed by atoms with Crippen LogP contribution >= 0.6 is 0 Å². The molecule has 4 rings (SSSR count). The van der Waals surface area contributed by atoms with Crippen LogP contribution in [0.1, 0.15) is 12.5 Å². The minimum atomic E-state index is -3.84. The van der Waals surface area contributed by atoms with Crippen molar-refractivity contribution >= 4 is 37.9 Å². The smallest absolute Gasteiger partial charge is 0.295 e. The van der Waals surface area contributed by atoms with Crippen molar-refractivity contribution in [1.29, 1.82) is 0 Å². The van der Waals surface area contributed by atoms with Crippen molar-refractivity contribution in [2.75, 3.05) is 31.7 Å². The number of ether oxygens (including phenoxy) is 1. The highest BCUT2D eigenvalue weighted by atomic mass is 32.2. The highest BCUT2D eigenvalue weighted by molar-refractivity contribution is 7.89. The Bertz CT molecular complexity index is 1300. The topological polar surface area (TPSA) is 114 Å². The highest BCUT2D eigenvalue weighted by Crippen LogP contribution is 2.29. The summed E-state index contributed by atoms with van der Waals surface area (Å²) in [5, 5.41) is 18.1. The molecular formula is C22H22N4O5S. The van der Waals surface area contributed by atoms with Gasteiger partial charge in [-0.25, -0.2) is 8.42 Å². The number of sulfonamides is 1. The van der Waals surface area contributed by atoms with Crippen LogP contribution in [-0.2, 0) is 14.8 Å². The van der Waals surface area contributed by atoms with E-state index in [1.54, 1.807) is 6.92 Å². The van der Waals surface area contributed by atoms with Gasteiger partial charge in [-0.3, -0.25) is 15.5 Å². The monoisotopic (exact) mass is 454 g/mol. The van der Waals surface area contributed by atoms with Gasteiger partial charge in [0.1, 0.15) is 5.69 Å². The van der Waals surface area contributed by atoms with Crippen LogP contribution in [-0.4, -0.2) is 49.7 Å². The molecule has 9 nitrogen and oxygen atoms in total. The van der Waals surface area contributed by atoms with Gasteiger partial charge in [-0.15, -0.1) is 0 Å². The lowest BCUT2D eigenvalue weighted by Crippen LogP contribution is -2.40. The van der Waals surface area contributed by atoms with Gasteiger partial charge in [0.15, 0.2) is 0 Å². The van der Waals surface area contributed by atoms with Crippen LogP contribution in [0, 0.1) is 10.1 Å². The van der Waals surface area contributed by atoms with Gasteiger partial charge in [0.2, 0.25) is 10.0 Å². The molecule has 0 bridgehead atoms. The summed E-state index contributed by atoms with van der Waals surface area (Å²) in [4.78, 5) is 10.9. The number of anilines is 1. The fraction of sp³-hybridized carbons (Fsp3) is 0.227. The number of nitrogens with one attached hydrogen (secondary N) is 1. The first-order valence-electron chi connectivity index (χ1n) is 10.0. The van der Waals surface area contributed by atoms with E-state index < -0.39 is 14.9 Å². The van der Waals surface area contributed by atoms with Crippen LogP contribution < -0.4 is 5.43 Å². The number of rotatable bonds is 6. The summed E-state index contributed by atoms with van der Waals surface area (Å²) in [6.07, 6.45) is 0. The summed E-state index contributed by atoms with van der Waals surface area (Å²) in [7, 11) is -3.84. The second-order valence-corrected chi connectivity index (χ2v) is 9.26. The predicted molar refractivity (Wildman–Crippen MR) is 122 cm³/mol. The molecule has 3 aromatic rings. The Hall–Kier alpha value is -3.34. The van der Waals surface area contributed by atoms with Crippen LogP contribution in [0.4, 0.5) is 11.4 Å². The standard InChI is InChI=1S/C22H22N4O5S/c1-16(18-7-6-17-4-2-3-5-19(17)14-18)23-24-21-9-8-20(15-22(21)26(27)28)32(29,30)25-10-12-31-13-11-25/h2-9,14-15,24H,10-13H2,1H3/b23-16-. The number of nitrogens with zero attached hydrogens (tertiary/aromatic N) is 3. The maximum Gasteiger partial charge on any atom is 0.295 e. The van der Waals surface area contributed by atoms with Gasteiger partial charge in [-0.1, -0.05) is 36.4 Å². The minimum Gasteiger partial charge on any atom is -0.379 e. The van der Waals surface area contributed by atoms with E-state index in [2.05, 4.69) is 10.5 Å². The number of benzene rings is 3. The van der Waals surface area contributed by atoms with Crippen molar-refractivity contribution in [3.63, 3.8) is 0 Å². The van der Waals surface area contributed by atoms with Crippen molar-refractivity contribution in [2.45, 2.75) is 11.8 Å². The molecule has 0 amide bonds. The largest absolute Gasteiger partial charge is 0.379 e. The zero-order valence-electron chi connectivity index (χ0n) is 17.4. The lowest BCUT2D eigenvalue weighted by atomic mass is 10.0. The Labute approximate surface area is 185 Å². The molecule has 0 radical (unpaired) electrons. The zero-order valence-corrected chi connectivity index (χ0v) is 18.2. The summed E-state index contributed by atoms with van der Waals surface area (Å²) in [6.45, 7) is 2.81. The molecule has 166 valence electrons. The molecule has 0 atom stereocenters. The summed E-state index contributed by atoms with van der Waals surface area (Å²) in [6, 6.07) is 17.6. The molecule has 1 fully saturated rings. The number of nitro benzene ring substituents is 1. The fourth-order valence-corrected chi connectivity index (χ4v) is 4.91. The molecule has 10 heteroatoms. The van der Waals surface area contributed by atoms with Crippen LogP contribution in [0.25, 0.3) is 10.8 Å². The average Bonchev–Trinajstić information content (AvgIpc) is 2.82. The summed E-state index contributed by atoms with van der Waals surface area (Å²) < 4.78 is 32.1. The number of nitro groups is 1. The van der Waals surface area contributed by atoms with Gasteiger partial charge in [0.05, 0.1) is 28.7 Å². The number of hydrogen-bond donors (Lipinski definition) is 1. The number of fused-ring (bicyclic) bond motifs is 1. The maximum absolute atomic E-state index is 12.8. The third-order valence-corrected chi connectivity index (χ3v) is 7.18. The Morgan fingerprint density at radius 1 is 1.06 bits per heavy atom. The summed E-state index contributed by atoms with van der Waals surface area (Å²) in [5.74, 6) is 0. The van der Waals surface area contributed by atoms with Gasteiger partial charge in [-0.05, 0) is 41.5 Å². The molecule has 0 aliphatic carbocycles. The molecule has 1 heterocycles. The number of hydrazone groups is 1. The van der Waals surface area contributed by atoms with Gasteiger partial charge >= 0.3 is 0 Å². The third kappa shape index (κ3) is 4.47. The first-order chi connectivity index (χ1) is 15.4. The van der Waals surface area contributed by atoms with E-state index in [4.69, 9.17) is 4.74 Å². The van der Waals surface area contributed by atoms with Crippen LogP contribution in [0.2, 0.25) is 0 Å². The van der Waals surface area contributed by atoms with Crippen LogP contribution in [0.15, 0.2) is 70.7 Å². The lowest BCUT2D eigenvalue weighted by molar-refractivity contribution is -0.384. The van der Waals surface area contributed by atoms with Gasteiger partial charge in [0.25, 0.3) is 5.69 Å². The molecule has 0 spiro atoms. The molecule has 1 aliphatic heterocycles. The molecule has 1 N–H and O–H groups in total. The quantitative estimate of drug-likeness (QED) is 0.346. The molecule has 0 aromatic heterocycles. The van der Waals surface area contributed by atoms with E-state index in [0.29, 0.717) is 18.9 Å².